The van der Waals surface area contributed by atoms with Crippen LogP contribution in [0.1, 0.15) is 27.4 Å². The Morgan fingerprint density at radius 3 is 2.73 bits per heavy atom. The van der Waals surface area contributed by atoms with Crippen molar-refractivity contribution >= 4 is 35.1 Å². The number of rotatable bonds is 6. The Labute approximate surface area is 161 Å². The monoisotopic (exact) mass is 386 g/mol. The van der Waals surface area contributed by atoms with Crippen molar-refractivity contribution in [3.8, 4) is 5.75 Å². The summed E-state index contributed by atoms with van der Waals surface area (Å²) < 4.78 is 11.3. The lowest BCUT2D eigenvalue weighted by Crippen LogP contribution is -1.94. The first-order chi connectivity index (χ1) is 12.5. The van der Waals surface area contributed by atoms with E-state index in [1.54, 1.807) is 42.5 Å². The molecule has 0 amide bonds. The molecule has 0 aliphatic rings. The summed E-state index contributed by atoms with van der Waals surface area (Å²) in [6.45, 7) is 2.17. The van der Waals surface area contributed by atoms with E-state index in [0.717, 1.165) is 5.56 Å². The van der Waals surface area contributed by atoms with E-state index in [1.807, 2.05) is 25.1 Å². The second-order valence-electron chi connectivity index (χ2n) is 5.73. The molecule has 0 N–H and O–H groups in total. The molecule has 0 bridgehead atoms. The third kappa shape index (κ3) is 4.78. The van der Waals surface area contributed by atoms with Gasteiger partial charge in [0.25, 0.3) is 0 Å². The van der Waals surface area contributed by atoms with Crippen LogP contribution in [0, 0.1) is 6.92 Å². The minimum Gasteiger partial charge on any atom is -0.484 e. The van der Waals surface area contributed by atoms with Crippen molar-refractivity contribution in [1.82, 2.24) is 0 Å². The number of benzene rings is 2. The smallest absolute Gasteiger partial charge is 0.185 e. The predicted molar refractivity (Wildman–Crippen MR) is 104 cm³/mol. The molecule has 2 aromatic carbocycles. The standard InChI is InChI=1S/C21H16Cl2O3/c1-14-3-2-4-15(11-14)20(24)9-8-17-6-7-18(26-17)13-25-21-10-5-16(22)12-19(21)23/h2-12H,13H2,1H3/b9-8+. The van der Waals surface area contributed by atoms with Gasteiger partial charge in [-0.3, -0.25) is 4.79 Å². The van der Waals surface area contributed by atoms with Gasteiger partial charge in [-0.05, 0) is 55.5 Å². The summed E-state index contributed by atoms with van der Waals surface area (Å²) in [6.07, 6.45) is 3.14. The van der Waals surface area contributed by atoms with Gasteiger partial charge >= 0.3 is 0 Å². The van der Waals surface area contributed by atoms with Gasteiger partial charge < -0.3 is 9.15 Å². The van der Waals surface area contributed by atoms with E-state index in [1.165, 1.54) is 6.08 Å². The van der Waals surface area contributed by atoms with Gasteiger partial charge in [-0.15, -0.1) is 0 Å². The van der Waals surface area contributed by atoms with Crippen molar-refractivity contribution in [2.45, 2.75) is 13.5 Å². The van der Waals surface area contributed by atoms with Crippen LogP contribution < -0.4 is 4.74 Å². The van der Waals surface area contributed by atoms with Gasteiger partial charge in [0.2, 0.25) is 0 Å². The van der Waals surface area contributed by atoms with Gasteiger partial charge in [0.15, 0.2) is 5.78 Å². The Morgan fingerprint density at radius 1 is 1.12 bits per heavy atom. The lowest BCUT2D eigenvalue weighted by molar-refractivity contribution is 0.104. The molecule has 0 aliphatic carbocycles. The number of hydrogen-bond acceptors (Lipinski definition) is 3. The molecule has 26 heavy (non-hydrogen) atoms. The van der Waals surface area contributed by atoms with Crippen molar-refractivity contribution in [3.05, 3.63) is 93.4 Å². The van der Waals surface area contributed by atoms with E-state index in [0.29, 0.717) is 32.9 Å². The minimum absolute atomic E-state index is 0.0733. The molecule has 5 heteroatoms. The third-order valence-corrected chi connectivity index (χ3v) is 4.18. The van der Waals surface area contributed by atoms with Gasteiger partial charge in [-0.2, -0.15) is 0 Å². The highest BCUT2D eigenvalue weighted by Gasteiger charge is 2.06. The lowest BCUT2D eigenvalue weighted by atomic mass is 10.1. The summed E-state index contributed by atoms with van der Waals surface area (Å²) in [4.78, 5) is 12.2. The van der Waals surface area contributed by atoms with E-state index in [2.05, 4.69) is 0 Å². The van der Waals surface area contributed by atoms with E-state index in [-0.39, 0.29) is 12.4 Å². The van der Waals surface area contributed by atoms with Crippen LogP contribution in [-0.4, -0.2) is 5.78 Å². The molecule has 1 heterocycles. The fourth-order valence-electron chi connectivity index (χ4n) is 2.36. The second-order valence-corrected chi connectivity index (χ2v) is 6.58. The number of ketones is 1. The topological polar surface area (TPSA) is 39.4 Å². The quantitative estimate of drug-likeness (QED) is 0.364. The molecule has 0 spiro atoms. The molecule has 0 fully saturated rings. The first-order valence-corrected chi connectivity index (χ1v) is 8.72. The molecular formula is C21H16Cl2O3. The number of furan rings is 1. The zero-order chi connectivity index (χ0) is 18.5. The number of aryl methyl sites for hydroxylation is 1. The first kappa shape index (κ1) is 18.3. The molecule has 132 valence electrons. The number of carbonyl (C=O) groups excluding carboxylic acids is 1. The van der Waals surface area contributed by atoms with Gasteiger partial charge in [-0.25, -0.2) is 0 Å². The van der Waals surface area contributed by atoms with Crippen LogP contribution in [0.25, 0.3) is 6.08 Å². The van der Waals surface area contributed by atoms with E-state index < -0.39 is 0 Å². The normalized spacial score (nSPS) is 11.0. The fraction of sp³-hybridized carbons (Fsp3) is 0.0952. The number of carbonyl (C=O) groups is 1. The molecule has 0 atom stereocenters. The molecule has 3 aromatic rings. The van der Waals surface area contributed by atoms with Crippen LogP contribution in [0.2, 0.25) is 10.0 Å². The molecule has 0 radical (unpaired) electrons. The molecule has 3 nitrogen and oxygen atoms in total. The highest BCUT2D eigenvalue weighted by Crippen LogP contribution is 2.28. The van der Waals surface area contributed by atoms with Gasteiger partial charge in [0.1, 0.15) is 23.9 Å². The summed E-state index contributed by atoms with van der Waals surface area (Å²) >= 11 is 11.9. The van der Waals surface area contributed by atoms with Gasteiger partial charge in [-0.1, -0.05) is 47.0 Å². The van der Waals surface area contributed by atoms with Crippen LogP contribution in [0.5, 0.6) is 5.75 Å². The Bertz CT molecular complexity index is 957. The number of hydrogen-bond donors (Lipinski definition) is 0. The Balaban J connectivity index is 1.61. The van der Waals surface area contributed by atoms with Crippen LogP contribution in [-0.2, 0) is 6.61 Å². The highest BCUT2D eigenvalue weighted by molar-refractivity contribution is 6.35. The van der Waals surface area contributed by atoms with Crippen LogP contribution in [0.4, 0.5) is 0 Å². The van der Waals surface area contributed by atoms with Crippen LogP contribution in [0.15, 0.2) is 65.1 Å². The SMILES string of the molecule is Cc1cccc(C(=O)/C=C/c2ccc(COc3ccc(Cl)cc3Cl)o2)c1. The predicted octanol–water partition coefficient (Wildman–Crippen LogP) is 6.37. The molecule has 1 aromatic heterocycles. The number of halogens is 2. The van der Waals surface area contributed by atoms with Crippen molar-refractivity contribution < 1.29 is 13.9 Å². The van der Waals surface area contributed by atoms with E-state index in [4.69, 9.17) is 32.4 Å². The van der Waals surface area contributed by atoms with Crippen LogP contribution in [0.3, 0.4) is 0 Å². The Hall–Kier alpha value is -2.49. The average molecular weight is 387 g/mol. The molecular weight excluding hydrogens is 371 g/mol. The Kier molecular flexibility index (Phi) is 5.82. The zero-order valence-electron chi connectivity index (χ0n) is 14.0. The van der Waals surface area contributed by atoms with Gasteiger partial charge in [0.05, 0.1) is 5.02 Å². The largest absolute Gasteiger partial charge is 0.484 e. The summed E-state index contributed by atoms with van der Waals surface area (Å²) in [5.74, 6) is 1.65. The van der Waals surface area contributed by atoms with Gasteiger partial charge in [0, 0.05) is 10.6 Å². The fourth-order valence-corrected chi connectivity index (χ4v) is 2.82. The van der Waals surface area contributed by atoms with Crippen molar-refractivity contribution in [2.24, 2.45) is 0 Å². The average Bonchev–Trinajstić information content (AvgIpc) is 3.07. The maximum Gasteiger partial charge on any atom is 0.185 e. The van der Waals surface area contributed by atoms with E-state index >= 15 is 0 Å². The zero-order valence-corrected chi connectivity index (χ0v) is 15.6. The molecule has 0 aliphatic heterocycles. The van der Waals surface area contributed by atoms with Crippen molar-refractivity contribution in [2.75, 3.05) is 0 Å². The second kappa shape index (κ2) is 8.26. The molecule has 0 saturated carbocycles. The summed E-state index contributed by atoms with van der Waals surface area (Å²) in [5, 5.41) is 0.985. The summed E-state index contributed by atoms with van der Waals surface area (Å²) in [7, 11) is 0. The maximum absolute atomic E-state index is 12.2. The number of ether oxygens (including phenoxy) is 1. The molecule has 3 rings (SSSR count). The first-order valence-electron chi connectivity index (χ1n) is 7.97. The summed E-state index contributed by atoms with van der Waals surface area (Å²) in [5.41, 5.74) is 1.69. The highest BCUT2D eigenvalue weighted by atomic mass is 35.5. The van der Waals surface area contributed by atoms with Crippen molar-refractivity contribution in [3.63, 3.8) is 0 Å². The summed E-state index contributed by atoms with van der Waals surface area (Å²) in [6, 6.07) is 16.0. The third-order valence-electron chi connectivity index (χ3n) is 3.65. The minimum atomic E-state index is -0.0733. The van der Waals surface area contributed by atoms with E-state index in [9.17, 15) is 4.79 Å². The molecule has 0 unspecified atom stereocenters. The number of allylic oxidation sites excluding steroid dienone is 1. The Morgan fingerprint density at radius 2 is 1.96 bits per heavy atom. The van der Waals surface area contributed by atoms with Crippen LogP contribution >= 0.6 is 23.2 Å². The van der Waals surface area contributed by atoms with Crippen molar-refractivity contribution in [1.29, 1.82) is 0 Å². The maximum atomic E-state index is 12.2. The lowest BCUT2D eigenvalue weighted by Gasteiger charge is -2.06. The molecule has 0 saturated heterocycles.